The lowest BCUT2D eigenvalue weighted by atomic mass is 10.2. The van der Waals surface area contributed by atoms with Crippen molar-refractivity contribution in [2.45, 2.75) is 37.6 Å². The van der Waals surface area contributed by atoms with E-state index in [2.05, 4.69) is 0 Å². The lowest BCUT2D eigenvalue weighted by molar-refractivity contribution is -0.146. The van der Waals surface area contributed by atoms with Gasteiger partial charge in [-0.15, -0.1) is 11.8 Å². The molecule has 0 spiro atoms. The van der Waals surface area contributed by atoms with Crippen LogP contribution in [0.3, 0.4) is 0 Å². The number of ether oxygens (including phenoxy) is 2. The Morgan fingerprint density at radius 1 is 1.36 bits per heavy atom. The summed E-state index contributed by atoms with van der Waals surface area (Å²) in [7, 11) is 0. The van der Waals surface area contributed by atoms with E-state index in [-0.39, 0.29) is 16.7 Å². The summed E-state index contributed by atoms with van der Waals surface area (Å²) in [6.07, 6.45) is 1.31. The number of thioether (sulfide) groups is 1. The summed E-state index contributed by atoms with van der Waals surface area (Å²) in [5, 5.41) is 0. The quantitative estimate of drug-likeness (QED) is 0.630. The van der Waals surface area contributed by atoms with Crippen molar-refractivity contribution in [3.05, 3.63) is 24.3 Å². The lowest BCUT2D eigenvalue weighted by Gasteiger charge is -2.29. The van der Waals surface area contributed by atoms with E-state index in [0.29, 0.717) is 24.5 Å². The molecule has 0 radical (unpaired) electrons. The van der Waals surface area contributed by atoms with Crippen molar-refractivity contribution in [3.8, 4) is 11.5 Å². The number of rotatable bonds is 4. The average molecular weight is 321 g/mol. The van der Waals surface area contributed by atoms with Gasteiger partial charge in [0.2, 0.25) is 5.91 Å². The number of carbonyl (C=O) groups excluding carboxylic acids is 2. The molecule has 2 fully saturated rings. The third-order valence-electron chi connectivity index (χ3n) is 4.07. The largest absolute Gasteiger partial charge is 0.494 e. The number of carbonyl (C=O) groups is 2. The second-order valence-electron chi connectivity index (χ2n) is 5.59. The molecule has 0 bridgehead atoms. The van der Waals surface area contributed by atoms with Crippen LogP contribution in [0.15, 0.2) is 24.3 Å². The van der Waals surface area contributed by atoms with E-state index >= 15 is 0 Å². The summed E-state index contributed by atoms with van der Waals surface area (Å²) in [4.78, 5) is 25.9. The Morgan fingerprint density at radius 3 is 2.73 bits per heavy atom. The van der Waals surface area contributed by atoms with Crippen molar-refractivity contribution in [2.24, 2.45) is 0 Å². The number of nitrogens with zero attached hydrogens (tertiary/aromatic N) is 1. The third-order valence-corrected chi connectivity index (χ3v) is 5.58. The van der Waals surface area contributed by atoms with Gasteiger partial charge >= 0.3 is 5.97 Å². The van der Waals surface area contributed by atoms with Crippen LogP contribution in [0.4, 0.5) is 0 Å². The van der Waals surface area contributed by atoms with Gasteiger partial charge < -0.3 is 14.4 Å². The van der Waals surface area contributed by atoms with Gasteiger partial charge in [0.1, 0.15) is 17.5 Å². The smallest absolute Gasteiger partial charge is 0.335 e. The monoisotopic (exact) mass is 321 g/mol. The second kappa shape index (κ2) is 5.83. The Kier molecular flexibility index (Phi) is 4.04. The average Bonchev–Trinajstić information content (AvgIpc) is 2.98. The molecular formula is C16H19NO4S. The molecule has 1 aromatic rings. The molecule has 2 atom stereocenters. The van der Waals surface area contributed by atoms with Gasteiger partial charge in [-0.05, 0) is 44.5 Å². The first-order valence-corrected chi connectivity index (χ1v) is 8.43. The Labute approximate surface area is 134 Å². The van der Waals surface area contributed by atoms with Crippen molar-refractivity contribution in [3.63, 3.8) is 0 Å². The SMILES string of the molecule is CCOc1ccc(OC(=O)[C@@H]2CS[C@]3(C)CCC(=O)N23)cc1. The molecule has 1 amide bonds. The zero-order valence-corrected chi connectivity index (χ0v) is 13.5. The topological polar surface area (TPSA) is 55.8 Å². The van der Waals surface area contributed by atoms with Gasteiger partial charge in [0.25, 0.3) is 0 Å². The summed E-state index contributed by atoms with van der Waals surface area (Å²) in [5.74, 6) is 1.48. The van der Waals surface area contributed by atoms with Crippen LogP contribution in [0.25, 0.3) is 0 Å². The van der Waals surface area contributed by atoms with Crippen LogP contribution in [0.1, 0.15) is 26.7 Å². The number of fused-ring (bicyclic) bond motifs is 1. The van der Waals surface area contributed by atoms with Gasteiger partial charge in [-0.25, -0.2) is 4.79 Å². The third kappa shape index (κ3) is 2.67. The lowest BCUT2D eigenvalue weighted by Crippen LogP contribution is -2.47. The predicted molar refractivity (Wildman–Crippen MR) is 84.0 cm³/mol. The van der Waals surface area contributed by atoms with Crippen LogP contribution in [0, 0.1) is 0 Å². The molecule has 22 heavy (non-hydrogen) atoms. The highest BCUT2D eigenvalue weighted by Crippen LogP contribution is 2.47. The van der Waals surface area contributed by atoms with E-state index in [1.807, 2.05) is 13.8 Å². The Balaban J connectivity index is 1.68. The molecule has 6 heteroatoms. The first-order chi connectivity index (χ1) is 10.5. The van der Waals surface area contributed by atoms with Crippen molar-refractivity contribution < 1.29 is 19.1 Å². The van der Waals surface area contributed by atoms with Gasteiger partial charge in [-0.2, -0.15) is 0 Å². The molecule has 118 valence electrons. The maximum absolute atomic E-state index is 12.4. The van der Waals surface area contributed by atoms with Gasteiger partial charge in [0, 0.05) is 12.2 Å². The van der Waals surface area contributed by atoms with Crippen LogP contribution in [0.5, 0.6) is 11.5 Å². The standard InChI is InChI=1S/C16H19NO4S/c1-3-20-11-4-6-12(7-5-11)21-15(19)13-10-22-16(2)9-8-14(18)17(13)16/h4-7,13H,3,8-10H2,1-2H3/t13-,16+/m0/s1. The molecular weight excluding hydrogens is 302 g/mol. The Hall–Kier alpha value is -1.69. The molecule has 1 aromatic carbocycles. The first kappa shape index (κ1) is 15.2. The highest BCUT2D eigenvalue weighted by atomic mass is 32.2. The number of benzene rings is 1. The first-order valence-electron chi connectivity index (χ1n) is 7.44. The fraction of sp³-hybridized carbons (Fsp3) is 0.500. The summed E-state index contributed by atoms with van der Waals surface area (Å²) >= 11 is 1.66. The minimum atomic E-state index is -0.489. The molecule has 2 aliphatic rings. The summed E-state index contributed by atoms with van der Waals surface area (Å²) in [5.41, 5.74) is 0. The van der Waals surface area contributed by atoms with Crippen LogP contribution < -0.4 is 9.47 Å². The normalized spacial score (nSPS) is 26.9. The zero-order valence-electron chi connectivity index (χ0n) is 12.7. The van der Waals surface area contributed by atoms with Gasteiger partial charge in [0.05, 0.1) is 11.5 Å². The van der Waals surface area contributed by atoms with Crippen LogP contribution in [-0.4, -0.2) is 40.0 Å². The highest BCUT2D eigenvalue weighted by molar-refractivity contribution is 8.01. The van der Waals surface area contributed by atoms with E-state index in [9.17, 15) is 9.59 Å². The maximum Gasteiger partial charge on any atom is 0.335 e. The minimum Gasteiger partial charge on any atom is -0.494 e. The molecule has 0 saturated carbocycles. The molecule has 0 aliphatic carbocycles. The Bertz CT molecular complexity index is 588. The number of esters is 1. The molecule has 0 unspecified atom stereocenters. The molecule has 0 aromatic heterocycles. The molecule has 5 nitrogen and oxygen atoms in total. The van der Waals surface area contributed by atoms with E-state index < -0.39 is 6.04 Å². The molecule has 2 saturated heterocycles. The van der Waals surface area contributed by atoms with E-state index in [1.54, 1.807) is 40.9 Å². The molecule has 2 aliphatic heterocycles. The van der Waals surface area contributed by atoms with E-state index in [0.717, 1.165) is 12.2 Å². The van der Waals surface area contributed by atoms with Crippen LogP contribution >= 0.6 is 11.8 Å². The van der Waals surface area contributed by atoms with E-state index in [1.165, 1.54) is 0 Å². The summed E-state index contributed by atoms with van der Waals surface area (Å²) in [6.45, 7) is 4.52. The zero-order chi connectivity index (χ0) is 15.7. The molecule has 2 heterocycles. The maximum atomic E-state index is 12.4. The predicted octanol–water partition coefficient (Wildman–Crippen LogP) is 2.44. The van der Waals surface area contributed by atoms with E-state index in [4.69, 9.17) is 9.47 Å². The molecule has 3 rings (SSSR count). The van der Waals surface area contributed by atoms with Crippen molar-refractivity contribution in [2.75, 3.05) is 12.4 Å². The number of hydrogen-bond donors (Lipinski definition) is 0. The van der Waals surface area contributed by atoms with Gasteiger partial charge in [-0.1, -0.05) is 0 Å². The van der Waals surface area contributed by atoms with Crippen LogP contribution in [0.2, 0.25) is 0 Å². The highest BCUT2D eigenvalue weighted by Gasteiger charge is 2.53. The summed E-state index contributed by atoms with van der Waals surface area (Å²) < 4.78 is 10.8. The van der Waals surface area contributed by atoms with Crippen molar-refractivity contribution in [1.82, 2.24) is 4.90 Å². The molecule has 0 N–H and O–H groups in total. The second-order valence-corrected chi connectivity index (χ2v) is 7.09. The van der Waals surface area contributed by atoms with Crippen LogP contribution in [-0.2, 0) is 9.59 Å². The Morgan fingerprint density at radius 2 is 2.05 bits per heavy atom. The number of amides is 1. The minimum absolute atomic E-state index is 0.0427. The van der Waals surface area contributed by atoms with Crippen molar-refractivity contribution in [1.29, 1.82) is 0 Å². The van der Waals surface area contributed by atoms with Crippen molar-refractivity contribution >= 4 is 23.6 Å². The number of hydrogen-bond acceptors (Lipinski definition) is 5. The fourth-order valence-corrected chi connectivity index (χ4v) is 4.37. The van der Waals surface area contributed by atoms with Gasteiger partial charge in [0.15, 0.2) is 0 Å². The van der Waals surface area contributed by atoms with Gasteiger partial charge in [-0.3, -0.25) is 4.79 Å². The summed E-state index contributed by atoms with van der Waals surface area (Å²) in [6, 6.07) is 6.45. The fourth-order valence-electron chi connectivity index (χ4n) is 2.95.